The fourth-order valence-corrected chi connectivity index (χ4v) is 4.05. The van der Waals surface area contributed by atoms with Gasteiger partial charge in [-0.25, -0.2) is 0 Å². The first-order valence-electron chi connectivity index (χ1n) is 6.19. The maximum absolute atomic E-state index is 9.75. The quantitative estimate of drug-likeness (QED) is 0.459. The second-order valence-corrected chi connectivity index (χ2v) is 8.13. The Morgan fingerprint density at radius 3 is 2.00 bits per heavy atom. The number of rotatable bonds is 0. The van der Waals surface area contributed by atoms with E-state index < -0.39 is 7.25 Å². The zero-order chi connectivity index (χ0) is 15.6. The molecule has 0 aliphatic carbocycles. The average molecular weight is 351 g/mol. The van der Waals surface area contributed by atoms with E-state index in [2.05, 4.69) is 58.0 Å². The first kappa shape index (κ1) is 17.2. The van der Waals surface area contributed by atoms with Gasteiger partial charge in [0.1, 0.15) is 0 Å². The van der Waals surface area contributed by atoms with E-state index in [0.717, 1.165) is 0 Å². The van der Waals surface area contributed by atoms with Gasteiger partial charge in [-0.05, 0) is 0 Å². The molecule has 2 rings (SSSR count). The molecule has 0 unspecified atom stereocenters. The van der Waals surface area contributed by atoms with Gasteiger partial charge in [0.25, 0.3) is 0 Å². The molecule has 0 spiro atoms. The van der Waals surface area contributed by atoms with Crippen LogP contribution in [0.1, 0.15) is 29.6 Å². The summed E-state index contributed by atoms with van der Waals surface area (Å²) >= 11 is 0.534. The maximum atomic E-state index is 9.75. The van der Waals surface area contributed by atoms with Crippen LogP contribution in [-0.2, 0) is 5.41 Å². The van der Waals surface area contributed by atoms with Gasteiger partial charge in [0.15, 0.2) is 0 Å². The molecule has 0 saturated carbocycles. The third-order valence-electron chi connectivity index (χ3n) is 2.63. The smallest absolute Gasteiger partial charge is 0.418 e. The molecule has 2 aromatic rings. The molecule has 0 aliphatic heterocycles. The Morgan fingerprint density at radius 1 is 1.00 bits per heavy atom. The van der Waals surface area contributed by atoms with Crippen molar-refractivity contribution in [2.24, 2.45) is 0 Å². The molecule has 1 aromatic carbocycles. The van der Waals surface area contributed by atoms with Gasteiger partial charge in [-0.1, -0.05) is 0 Å². The summed E-state index contributed by atoms with van der Waals surface area (Å²) in [6, 6.07) is 11.1. The molecule has 20 heavy (non-hydrogen) atoms. The van der Waals surface area contributed by atoms with Crippen molar-refractivity contribution in [2.75, 3.05) is 0 Å². The number of benzene rings is 1. The Hall–Kier alpha value is -0.866. The summed E-state index contributed by atoms with van der Waals surface area (Å²) < 4.78 is 42.2. The molecule has 0 atom stereocenters. The van der Waals surface area contributed by atoms with E-state index in [4.69, 9.17) is 0 Å². The van der Waals surface area contributed by atoms with Gasteiger partial charge < -0.3 is 17.3 Å². The van der Waals surface area contributed by atoms with E-state index >= 15 is 0 Å². The zero-order valence-corrected chi connectivity index (χ0v) is 13.6. The van der Waals surface area contributed by atoms with Crippen molar-refractivity contribution in [1.29, 1.82) is 0 Å². The minimum absolute atomic E-state index is 0.314. The predicted octanol–water partition coefficient (Wildman–Crippen LogP) is 5.08. The van der Waals surface area contributed by atoms with E-state index in [1.165, 1.54) is 10.8 Å². The molecule has 1 heterocycles. The Balaban J connectivity index is 0.000000347. The van der Waals surface area contributed by atoms with Crippen LogP contribution in [0.2, 0.25) is 0 Å². The first-order chi connectivity index (χ1) is 8.98. The van der Waals surface area contributed by atoms with Crippen molar-refractivity contribution < 1.29 is 17.3 Å². The molecule has 0 saturated heterocycles. The van der Waals surface area contributed by atoms with Crippen LogP contribution in [0.5, 0.6) is 0 Å². The van der Waals surface area contributed by atoms with E-state index in [0.29, 0.717) is 19.9 Å². The second kappa shape index (κ2) is 6.27. The minimum Gasteiger partial charge on any atom is -0.418 e. The summed E-state index contributed by atoms with van der Waals surface area (Å²) in [7, 11) is -6.00. The van der Waals surface area contributed by atoms with Crippen LogP contribution < -0.4 is 0 Å². The van der Waals surface area contributed by atoms with Crippen LogP contribution in [0, 0.1) is 6.92 Å². The Kier molecular flexibility index (Phi) is 5.39. The summed E-state index contributed by atoms with van der Waals surface area (Å²) in [6.07, 6.45) is 0. The number of aryl methyl sites for hydroxylation is 1. The fourth-order valence-electron chi connectivity index (χ4n) is 1.70. The van der Waals surface area contributed by atoms with Crippen LogP contribution in [0.3, 0.4) is 0 Å². The van der Waals surface area contributed by atoms with Crippen LogP contribution in [0.4, 0.5) is 17.3 Å². The minimum atomic E-state index is -6.00. The van der Waals surface area contributed by atoms with Gasteiger partial charge in [0, 0.05) is 0 Å². The second-order valence-electron chi connectivity index (χ2n) is 5.50. The Bertz CT molecular complexity index is 582. The molecule has 0 amide bonds. The van der Waals surface area contributed by atoms with E-state index in [-0.39, 0.29) is 0 Å². The monoisotopic (exact) mass is 352 g/mol. The Labute approximate surface area is 122 Å². The molecule has 6 heteroatoms. The van der Waals surface area contributed by atoms with Gasteiger partial charge in [0.2, 0.25) is 0 Å². The van der Waals surface area contributed by atoms with Crippen LogP contribution in [0.25, 0.3) is 10.8 Å². The van der Waals surface area contributed by atoms with Gasteiger partial charge >= 0.3 is 105 Å². The molecule has 0 bridgehead atoms. The summed E-state index contributed by atoms with van der Waals surface area (Å²) in [5, 5.41) is 2.85. The van der Waals surface area contributed by atoms with Gasteiger partial charge in [-0.15, -0.1) is 0 Å². The number of halogens is 4. The van der Waals surface area contributed by atoms with E-state index in [1.54, 1.807) is 8.87 Å². The molecule has 0 aliphatic rings. The average Bonchev–Trinajstić information content (AvgIpc) is 2.25. The summed E-state index contributed by atoms with van der Waals surface area (Å²) in [5.74, 6) is 0. The number of hydrogen-bond acceptors (Lipinski definition) is 0. The molecule has 0 N–H and O–H groups in total. The summed E-state index contributed by atoms with van der Waals surface area (Å²) in [6.45, 7) is 9.20. The molecule has 0 radical (unpaired) electrons. The number of hydrogen-bond donors (Lipinski definition) is 0. The summed E-state index contributed by atoms with van der Waals surface area (Å²) in [5.41, 5.74) is 0.314. The van der Waals surface area contributed by atoms with Crippen molar-refractivity contribution >= 4 is 32.5 Å². The van der Waals surface area contributed by atoms with Crippen molar-refractivity contribution in [3.05, 3.63) is 39.2 Å². The van der Waals surface area contributed by atoms with Crippen LogP contribution in [-0.4, -0.2) is 21.8 Å². The standard InChI is InChI=1S/C14H17Se.BF4/c1-10-12-8-6-5-7-11(12)9-13(15-10)14(2,3)4;2-1(3,4)5/h5-9H,1-4H3;/q+1;-1. The molecular formula is C14H17BF4Se. The largest absolute Gasteiger partial charge is 0.673 e. The number of fused-ring (bicyclic) bond motifs is 1. The topological polar surface area (TPSA) is 0 Å². The maximum Gasteiger partial charge on any atom is 0.673 e. The van der Waals surface area contributed by atoms with Crippen molar-refractivity contribution in [3.63, 3.8) is 0 Å². The summed E-state index contributed by atoms with van der Waals surface area (Å²) in [4.78, 5) is 0. The molecule has 110 valence electrons. The molecule has 1 aromatic heterocycles. The third kappa shape index (κ3) is 5.64. The van der Waals surface area contributed by atoms with Crippen molar-refractivity contribution in [2.45, 2.75) is 33.1 Å². The molecular weight excluding hydrogens is 334 g/mol. The molecule has 0 fully saturated rings. The first-order valence-corrected chi connectivity index (χ1v) is 7.90. The van der Waals surface area contributed by atoms with E-state index in [1.807, 2.05) is 0 Å². The Morgan fingerprint density at radius 2 is 1.50 bits per heavy atom. The van der Waals surface area contributed by atoms with Gasteiger partial charge in [-0.2, -0.15) is 0 Å². The fraction of sp³-hybridized carbons (Fsp3) is 0.357. The zero-order valence-electron chi connectivity index (χ0n) is 11.9. The predicted molar refractivity (Wildman–Crippen MR) is 78.9 cm³/mol. The molecule has 0 nitrogen and oxygen atoms in total. The van der Waals surface area contributed by atoms with Crippen LogP contribution >= 0.6 is 0 Å². The van der Waals surface area contributed by atoms with Gasteiger partial charge in [0.05, 0.1) is 0 Å². The normalized spacial score (nSPS) is 12.0. The third-order valence-corrected chi connectivity index (χ3v) is 5.73. The van der Waals surface area contributed by atoms with Crippen molar-refractivity contribution in [1.82, 2.24) is 0 Å². The SMILES string of the molecule is Cc1[se+]c(C(C)(C)C)cc2ccccc12.F[B-](F)(F)F. The van der Waals surface area contributed by atoms with Gasteiger partial charge in [-0.3, -0.25) is 0 Å². The van der Waals surface area contributed by atoms with Crippen LogP contribution in [0.15, 0.2) is 30.3 Å². The van der Waals surface area contributed by atoms with Crippen molar-refractivity contribution in [3.8, 4) is 0 Å². The van der Waals surface area contributed by atoms with E-state index in [9.17, 15) is 17.3 Å².